The van der Waals surface area contributed by atoms with Gasteiger partial charge in [0, 0.05) is 35.0 Å². The van der Waals surface area contributed by atoms with Gasteiger partial charge in [0.25, 0.3) is 0 Å². The Kier molecular flexibility index (Phi) is 7.70. The number of nitrogens with zero attached hydrogens (tertiary/aromatic N) is 1. The van der Waals surface area contributed by atoms with Gasteiger partial charge in [-0.15, -0.1) is 0 Å². The fourth-order valence-corrected chi connectivity index (χ4v) is 4.06. The van der Waals surface area contributed by atoms with Crippen molar-refractivity contribution in [3.8, 4) is 0 Å². The SMILES string of the molecule is CC1=CC(C)=N[NH+]1CCC(=O)N[C@H](C)[C@H](Cc1ccc(Cl)cc1)c1ccc(Cl)cc1. The third-order valence-corrected chi connectivity index (χ3v) is 5.94. The van der Waals surface area contributed by atoms with Crippen LogP contribution in [-0.4, -0.2) is 24.2 Å². The topological polar surface area (TPSA) is 45.9 Å². The molecule has 0 aliphatic carbocycles. The van der Waals surface area contributed by atoms with Gasteiger partial charge < -0.3 is 5.32 Å². The molecule has 2 aromatic carbocycles. The van der Waals surface area contributed by atoms with E-state index in [1.54, 1.807) is 0 Å². The van der Waals surface area contributed by atoms with Crippen molar-refractivity contribution in [1.82, 2.24) is 5.32 Å². The molecule has 2 aromatic rings. The number of nitrogens with one attached hydrogen (secondary N) is 2. The van der Waals surface area contributed by atoms with Crippen molar-refractivity contribution in [2.45, 2.75) is 45.6 Å². The summed E-state index contributed by atoms with van der Waals surface area (Å²) in [6, 6.07) is 15.7. The molecule has 30 heavy (non-hydrogen) atoms. The Labute approximate surface area is 188 Å². The van der Waals surface area contributed by atoms with Crippen LogP contribution in [0.25, 0.3) is 0 Å². The third-order valence-electron chi connectivity index (χ3n) is 5.44. The molecule has 2 N–H and O–H groups in total. The van der Waals surface area contributed by atoms with E-state index in [1.807, 2.05) is 62.4 Å². The molecular weight excluding hydrogens is 417 g/mol. The highest BCUT2D eigenvalue weighted by Gasteiger charge is 2.24. The number of carbonyl (C=O) groups excluding carboxylic acids is 1. The van der Waals surface area contributed by atoms with Crippen molar-refractivity contribution in [3.63, 3.8) is 0 Å². The number of halogens is 2. The number of allylic oxidation sites excluding steroid dienone is 2. The summed E-state index contributed by atoms with van der Waals surface area (Å²) in [5, 5.41) is 10.1. The predicted octanol–water partition coefficient (Wildman–Crippen LogP) is 4.39. The number of carbonyl (C=O) groups is 1. The molecule has 0 bridgehead atoms. The molecule has 3 rings (SSSR count). The molecule has 0 fully saturated rings. The summed E-state index contributed by atoms with van der Waals surface area (Å²) >= 11 is 12.1. The normalized spacial score (nSPS) is 17.8. The molecule has 0 saturated heterocycles. The van der Waals surface area contributed by atoms with Crippen molar-refractivity contribution in [2.24, 2.45) is 5.10 Å². The van der Waals surface area contributed by atoms with Gasteiger partial charge in [-0.2, -0.15) is 5.01 Å². The van der Waals surface area contributed by atoms with E-state index in [2.05, 4.69) is 23.4 Å². The summed E-state index contributed by atoms with van der Waals surface area (Å²) in [5.41, 5.74) is 4.47. The first-order chi connectivity index (χ1) is 14.3. The minimum Gasteiger partial charge on any atom is -0.353 e. The second-order valence-corrected chi connectivity index (χ2v) is 8.74. The van der Waals surface area contributed by atoms with E-state index in [1.165, 1.54) is 5.56 Å². The van der Waals surface area contributed by atoms with Gasteiger partial charge in [0.15, 0.2) is 0 Å². The van der Waals surface area contributed by atoms with Crippen molar-refractivity contribution in [2.75, 3.05) is 6.54 Å². The molecule has 3 atom stereocenters. The van der Waals surface area contributed by atoms with E-state index in [4.69, 9.17) is 23.2 Å². The van der Waals surface area contributed by atoms with Gasteiger partial charge in [-0.1, -0.05) is 52.6 Å². The smallest absolute Gasteiger partial charge is 0.226 e. The van der Waals surface area contributed by atoms with Gasteiger partial charge in [-0.05, 0) is 55.7 Å². The van der Waals surface area contributed by atoms with Crippen LogP contribution in [0.5, 0.6) is 0 Å². The lowest BCUT2D eigenvalue weighted by atomic mass is 9.86. The fraction of sp³-hybridized carbons (Fsp3) is 0.333. The summed E-state index contributed by atoms with van der Waals surface area (Å²) in [7, 11) is 0. The Morgan fingerprint density at radius 2 is 1.63 bits per heavy atom. The van der Waals surface area contributed by atoms with Gasteiger partial charge in [0.1, 0.15) is 12.2 Å². The summed E-state index contributed by atoms with van der Waals surface area (Å²) in [5.74, 6) is 0.158. The average Bonchev–Trinajstić information content (AvgIpc) is 3.03. The van der Waals surface area contributed by atoms with Crippen LogP contribution in [0, 0.1) is 0 Å². The van der Waals surface area contributed by atoms with Crippen LogP contribution in [0.4, 0.5) is 0 Å². The molecule has 6 heteroatoms. The molecule has 158 valence electrons. The quantitative estimate of drug-likeness (QED) is 0.622. The zero-order valence-corrected chi connectivity index (χ0v) is 19.1. The van der Waals surface area contributed by atoms with Crippen molar-refractivity contribution >= 4 is 34.8 Å². The van der Waals surface area contributed by atoms with Gasteiger partial charge >= 0.3 is 0 Å². The maximum absolute atomic E-state index is 12.7. The van der Waals surface area contributed by atoms with Crippen molar-refractivity contribution in [3.05, 3.63) is 81.5 Å². The van der Waals surface area contributed by atoms with E-state index < -0.39 is 0 Å². The highest BCUT2D eigenvalue weighted by molar-refractivity contribution is 6.30. The standard InChI is InChI=1S/C24H27Cl2N3O/c1-16-14-17(2)29(28-16)13-12-24(30)27-18(3)23(20-6-10-22(26)11-7-20)15-19-4-8-21(25)9-5-19/h4-11,14,18,23H,12-13,15H2,1-3H3,(H,27,30)/p+1/t18-,23+/m1/s1. The minimum atomic E-state index is -0.0372. The maximum Gasteiger partial charge on any atom is 0.226 e. The molecule has 0 spiro atoms. The zero-order chi connectivity index (χ0) is 21.7. The molecule has 0 radical (unpaired) electrons. The van der Waals surface area contributed by atoms with E-state index in [0.717, 1.165) is 33.4 Å². The first kappa shape index (κ1) is 22.5. The summed E-state index contributed by atoms with van der Waals surface area (Å²) in [6.45, 7) is 6.73. The van der Waals surface area contributed by atoms with Crippen LogP contribution in [0.2, 0.25) is 10.0 Å². The number of amides is 1. The van der Waals surface area contributed by atoms with Crippen LogP contribution >= 0.6 is 23.2 Å². The highest BCUT2D eigenvalue weighted by atomic mass is 35.5. The maximum atomic E-state index is 12.7. The summed E-state index contributed by atoms with van der Waals surface area (Å²) < 4.78 is 0. The number of hydrogen-bond donors (Lipinski definition) is 2. The molecular formula is C24H28Cl2N3O+. The summed E-state index contributed by atoms with van der Waals surface area (Å²) in [6.07, 6.45) is 3.28. The van der Waals surface area contributed by atoms with Crippen LogP contribution in [0.15, 0.2) is 65.4 Å². The Bertz CT molecular complexity index is 936. The lowest BCUT2D eigenvalue weighted by molar-refractivity contribution is -0.864. The predicted molar refractivity (Wildman–Crippen MR) is 124 cm³/mol. The molecule has 1 unspecified atom stereocenters. The van der Waals surface area contributed by atoms with E-state index in [0.29, 0.717) is 18.0 Å². The van der Waals surface area contributed by atoms with E-state index in [9.17, 15) is 4.79 Å². The largest absolute Gasteiger partial charge is 0.353 e. The number of rotatable bonds is 8. The fourth-order valence-electron chi connectivity index (χ4n) is 3.81. The number of benzene rings is 2. The Balaban J connectivity index is 1.67. The molecule has 4 nitrogen and oxygen atoms in total. The Morgan fingerprint density at radius 3 is 2.20 bits per heavy atom. The van der Waals surface area contributed by atoms with Crippen LogP contribution in [-0.2, 0) is 11.2 Å². The zero-order valence-electron chi connectivity index (χ0n) is 17.6. The molecule has 1 amide bonds. The Morgan fingerprint density at radius 1 is 1.03 bits per heavy atom. The van der Waals surface area contributed by atoms with Crippen molar-refractivity contribution < 1.29 is 9.80 Å². The van der Waals surface area contributed by atoms with Gasteiger partial charge in [0.05, 0.1) is 12.1 Å². The highest BCUT2D eigenvalue weighted by Crippen LogP contribution is 2.26. The van der Waals surface area contributed by atoms with Gasteiger partial charge in [-0.25, -0.2) is 0 Å². The molecule has 1 heterocycles. The van der Waals surface area contributed by atoms with Crippen LogP contribution in [0.3, 0.4) is 0 Å². The van der Waals surface area contributed by atoms with Crippen LogP contribution in [0.1, 0.15) is 44.2 Å². The monoisotopic (exact) mass is 444 g/mol. The van der Waals surface area contributed by atoms with Crippen LogP contribution < -0.4 is 10.3 Å². The number of quaternary nitrogens is 1. The third kappa shape index (κ3) is 6.18. The number of hydrogen-bond acceptors (Lipinski definition) is 2. The average molecular weight is 445 g/mol. The van der Waals surface area contributed by atoms with Gasteiger partial charge in [0.2, 0.25) is 5.91 Å². The first-order valence-electron chi connectivity index (χ1n) is 10.2. The van der Waals surface area contributed by atoms with E-state index >= 15 is 0 Å². The first-order valence-corrected chi connectivity index (χ1v) is 11.0. The van der Waals surface area contributed by atoms with Gasteiger partial charge in [-0.3, -0.25) is 4.79 Å². The second kappa shape index (κ2) is 10.3. The molecule has 0 saturated carbocycles. The van der Waals surface area contributed by atoms with E-state index in [-0.39, 0.29) is 17.9 Å². The lowest BCUT2D eigenvalue weighted by Crippen LogP contribution is -3.04. The second-order valence-electron chi connectivity index (χ2n) is 7.87. The molecule has 1 aliphatic heterocycles. The lowest BCUT2D eigenvalue weighted by Gasteiger charge is -2.26. The summed E-state index contributed by atoms with van der Waals surface area (Å²) in [4.78, 5) is 12.7. The van der Waals surface area contributed by atoms with Crippen molar-refractivity contribution in [1.29, 1.82) is 0 Å². The Hall–Kier alpha value is -2.14. The molecule has 0 aromatic heterocycles. The minimum absolute atomic E-state index is 0.0372. The molecule has 1 aliphatic rings.